The van der Waals surface area contributed by atoms with E-state index in [0.717, 1.165) is 38.1 Å². The summed E-state index contributed by atoms with van der Waals surface area (Å²) < 4.78 is 21.1. The number of aryl methyl sites for hydroxylation is 1. The van der Waals surface area contributed by atoms with E-state index < -0.39 is 6.03 Å². The lowest BCUT2D eigenvalue weighted by Crippen LogP contribution is -2.61. The lowest BCUT2D eigenvalue weighted by atomic mass is 9.79. The Morgan fingerprint density at radius 2 is 1.30 bits per heavy atom. The summed E-state index contributed by atoms with van der Waals surface area (Å²) in [6, 6.07) is 8.45. The molecule has 0 bridgehead atoms. The fraction of sp³-hybridized carbons (Fsp3) is 0.659. The average molecular weight is 647 g/mol. The second-order valence-corrected chi connectivity index (χ2v) is 19.5. The van der Waals surface area contributed by atoms with Crippen molar-refractivity contribution in [1.29, 1.82) is 0 Å². The zero-order valence-electron chi connectivity index (χ0n) is 32.6. The number of hydrogen-bond donors (Lipinski definition) is 0. The molecule has 0 aromatic heterocycles. The molecule has 6 nitrogen and oxygen atoms in total. The Labute approximate surface area is 286 Å². The number of ether oxygens (including phenoxy) is 2. The first-order valence-corrected chi connectivity index (χ1v) is 18.0. The van der Waals surface area contributed by atoms with Gasteiger partial charge in [0.1, 0.15) is 0 Å². The molecule has 1 fully saturated rings. The van der Waals surface area contributed by atoms with Gasteiger partial charge in [0.15, 0.2) is 23.9 Å². The molecule has 1 unspecified atom stereocenters. The Morgan fingerprint density at radius 1 is 0.745 bits per heavy atom. The minimum atomic E-state index is -1.06. The maximum absolute atomic E-state index is 7.23. The average Bonchev–Trinajstić information content (AvgIpc) is 3.12. The molecule has 0 amide bonds. The molecule has 2 aromatic rings. The molecular formula is C41H66N4O2+4. The smallest absolute Gasteiger partial charge is 0.340 e. The maximum atomic E-state index is 7.23. The lowest BCUT2D eigenvalue weighted by molar-refractivity contribution is -0.870. The summed E-state index contributed by atoms with van der Waals surface area (Å²) >= 11 is 0. The van der Waals surface area contributed by atoms with Crippen LogP contribution in [0.5, 0.6) is 11.5 Å². The van der Waals surface area contributed by atoms with E-state index >= 15 is 0 Å². The monoisotopic (exact) mass is 647 g/mol. The van der Waals surface area contributed by atoms with Crippen LogP contribution in [-0.2, 0) is 10.8 Å². The van der Waals surface area contributed by atoms with E-state index in [9.17, 15) is 0 Å². The number of benzene rings is 2. The van der Waals surface area contributed by atoms with Crippen LogP contribution in [0.1, 0.15) is 120 Å². The normalized spacial score (nSPS) is 20.4. The summed E-state index contributed by atoms with van der Waals surface area (Å²) in [7, 11) is 13.8. The molecule has 6 heteroatoms. The van der Waals surface area contributed by atoms with Crippen molar-refractivity contribution in [2.24, 2.45) is 0 Å². The molecule has 5 rings (SSSR count). The molecule has 258 valence electrons. The van der Waals surface area contributed by atoms with Crippen molar-refractivity contribution in [3.8, 4) is 11.5 Å². The first kappa shape index (κ1) is 35.6. The summed E-state index contributed by atoms with van der Waals surface area (Å²) in [6.07, 6.45) is 9.50. The number of quaternary nitrogens is 2. The van der Waals surface area contributed by atoms with Crippen LogP contribution in [0, 0.1) is 6.92 Å². The quantitative estimate of drug-likeness (QED) is 0.210. The number of fused-ring (bicyclic) bond motifs is 2. The fourth-order valence-corrected chi connectivity index (χ4v) is 7.56. The van der Waals surface area contributed by atoms with E-state index in [1.807, 2.05) is 0 Å². The summed E-state index contributed by atoms with van der Waals surface area (Å²) in [6.45, 7) is 23.7. The van der Waals surface area contributed by atoms with Gasteiger partial charge < -0.3 is 18.4 Å². The first-order chi connectivity index (χ1) is 21.4. The van der Waals surface area contributed by atoms with Crippen LogP contribution < -0.4 is 9.47 Å². The van der Waals surface area contributed by atoms with Gasteiger partial charge in [0.05, 0.1) is 66.5 Å². The van der Waals surface area contributed by atoms with E-state index in [0.29, 0.717) is 5.92 Å². The van der Waals surface area contributed by atoms with E-state index in [-0.39, 0.29) is 16.4 Å². The Hall–Kier alpha value is -2.70. The van der Waals surface area contributed by atoms with Gasteiger partial charge in [0.25, 0.3) is 0 Å². The maximum Gasteiger partial charge on any atom is 0.704 e. The van der Waals surface area contributed by atoms with Crippen LogP contribution in [0.3, 0.4) is 0 Å². The highest BCUT2D eigenvalue weighted by Crippen LogP contribution is 2.47. The van der Waals surface area contributed by atoms with Gasteiger partial charge in [0, 0.05) is 19.4 Å². The van der Waals surface area contributed by atoms with Gasteiger partial charge in [-0.1, -0.05) is 62.8 Å². The summed E-state index contributed by atoms with van der Waals surface area (Å²) in [5.74, 6) is 2.40. The van der Waals surface area contributed by atoms with Crippen LogP contribution in [-0.4, -0.2) is 104 Å². The van der Waals surface area contributed by atoms with Crippen LogP contribution in [0.15, 0.2) is 24.3 Å². The van der Waals surface area contributed by atoms with Crippen LogP contribution >= 0.6 is 0 Å². The van der Waals surface area contributed by atoms with Gasteiger partial charge in [-0.15, -0.1) is 0 Å². The van der Waals surface area contributed by atoms with Crippen molar-refractivity contribution in [3.05, 3.63) is 57.6 Å². The van der Waals surface area contributed by atoms with Crippen molar-refractivity contribution >= 4 is 12.4 Å². The number of rotatable bonds is 9. The number of hydrogen-bond acceptors (Lipinski definition) is 2. The van der Waals surface area contributed by atoms with Crippen molar-refractivity contribution in [2.45, 2.75) is 116 Å². The van der Waals surface area contributed by atoms with Gasteiger partial charge in [-0.3, -0.25) is 0 Å². The molecule has 47 heavy (non-hydrogen) atoms. The largest absolute Gasteiger partial charge is 0.704 e. The molecule has 3 aliphatic heterocycles. The topological polar surface area (TPSA) is 24.5 Å². The standard InChI is InChI=1S/C41H66N4O2/c1-29-22-31(30(18-16-20-44(10,11)12)19-17-21-45(13,14)15)23-32-27-43-40(8,9)28-42-26-33-24-34(38(2,3)4)25-35(39(5,6)7)37(33)47-41(42,43)46-36(29)32/h22-27,30H,16-21,28H2,1-15H3/q+4. The van der Waals surface area contributed by atoms with Crippen molar-refractivity contribution in [3.63, 3.8) is 0 Å². The van der Waals surface area contributed by atoms with Crippen LogP contribution in [0.2, 0.25) is 0 Å². The van der Waals surface area contributed by atoms with Crippen molar-refractivity contribution in [1.82, 2.24) is 0 Å². The Balaban J connectivity index is 1.57. The first-order valence-electron chi connectivity index (χ1n) is 18.0. The van der Waals surface area contributed by atoms with Gasteiger partial charge in [-0.2, -0.15) is 0 Å². The summed E-state index contributed by atoms with van der Waals surface area (Å²) in [4.78, 5) is 0. The third kappa shape index (κ3) is 7.34. The fourth-order valence-electron chi connectivity index (χ4n) is 7.56. The highest BCUT2D eigenvalue weighted by Gasteiger charge is 2.75. The van der Waals surface area contributed by atoms with Gasteiger partial charge in [0.2, 0.25) is 12.1 Å². The van der Waals surface area contributed by atoms with E-state index in [2.05, 4.69) is 150 Å². The molecule has 0 radical (unpaired) electrons. The molecular weight excluding hydrogens is 580 g/mol. The van der Waals surface area contributed by atoms with Crippen molar-refractivity contribution < 1.29 is 27.6 Å². The third-order valence-electron chi connectivity index (χ3n) is 10.3. The molecule has 3 heterocycles. The molecule has 3 aliphatic rings. The molecule has 1 saturated heterocycles. The Kier molecular flexibility index (Phi) is 8.88. The Morgan fingerprint density at radius 3 is 1.83 bits per heavy atom. The summed E-state index contributed by atoms with van der Waals surface area (Å²) in [5, 5.41) is 0. The molecule has 1 atom stereocenters. The predicted molar refractivity (Wildman–Crippen MR) is 196 cm³/mol. The molecule has 0 aliphatic carbocycles. The van der Waals surface area contributed by atoms with Gasteiger partial charge in [-0.25, -0.2) is 0 Å². The predicted octanol–water partition coefficient (Wildman–Crippen LogP) is 7.40. The third-order valence-corrected chi connectivity index (χ3v) is 10.3. The SMILES string of the molecule is Cc1cc(C(CCC[N+](C)(C)C)CCC[N+](C)(C)C)cc2c1OC13Oc4c(cc(C(C)(C)C)cc4C(C)(C)C)C=[N+]1CC(C)(C)[N+]3=C2. The summed E-state index contributed by atoms with van der Waals surface area (Å²) in [5.41, 5.74) is 7.22. The van der Waals surface area contributed by atoms with E-state index in [1.165, 1.54) is 61.0 Å². The van der Waals surface area contributed by atoms with Gasteiger partial charge >= 0.3 is 6.03 Å². The zero-order chi connectivity index (χ0) is 35.0. The minimum absolute atomic E-state index is 0.0345. The number of nitrogens with zero attached hydrogens (tertiary/aromatic N) is 4. The highest BCUT2D eigenvalue weighted by atomic mass is 16.7. The van der Waals surface area contributed by atoms with Crippen LogP contribution in [0.4, 0.5) is 0 Å². The highest BCUT2D eigenvalue weighted by molar-refractivity contribution is 5.85. The Bertz CT molecular complexity index is 1570. The van der Waals surface area contributed by atoms with Crippen molar-refractivity contribution in [2.75, 3.05) is 61.9 Å². The zero-order valence-corrected chi connectivity index (χ0v) is 32.6. The molecule has 2 aromatic carbocycles. The molecule has 0 N–H and O–H groups in total. The van der Waals surface area contributed by atoms with Crippen LogP contribution in [0.25, 0.3) is 0 Å². The van der Waals surface area contributed by atoms with Gasteiger partial charge in [-0.05, 0) is 78.2 Å². The lowest BCUT2D eigenvalue weighted by Gasteiger charge is -2.33. The minimum Gasteiger partial charge on any atom is -0.340 e. The van der Waals surface area contributed by atoms with E-state index in [4.69, 9.17) is 9.47 Å². The molecule has 1 spiro atoms. The van der Waals surface area contributed by atoms with E-state index in [1.54, 1.807) is 0 Å². The second kappa shape index (κ2) is 11.7. The second-order valence-electron chi connectivity index (χ2n) is 19.5. The molecule has 0 saturated carbocycles.